The van der Waals surface area contributed by atoms with Crippen LogP contribution in [0.4, 0.5) is 4.39 Å². The van der Waals surface area contributed by atoms with Crippen LogP contribution in [0, 0.1) is 5.82 Å². The van der Waals surface area contributed by atoms with Crippen LogP contribution in [-0.2, 0) is 0 Å². The molecule has 28 heavy (non-hydrogen) atoms. The Morgan fingerprint density at radius 2 is 2.07 bits per heavy atom. The van der Waals surface area contributed by atoms with Crippen LogP contribution >= 0.6 is 0 Å². The number of aromatic nitrogens is 5. The lowest BCUT2D eigenvalue weighted by Crippen LogP contribution is -2.29. The standard InChI is InChI=1S/C19H17FN6O2/c1-2-3-16(18-22-25-26-23-18)21-19(27)12-6-9-15-14(10-12)17(28-24-15)11-4-7-13(20)8-5-11/h4-10,16H,2-3H2,1H3,(H,21,27)(H,22,23,25,26). The van der Waals surface area contributed by atoms with Crippen LogP contribution < -0.4 is 5.32 Å². The van der Waals surface area contributed by atoms with E-state index >= 15 is 0 Å². The molecule has 0 saturated heterocycles. The van der Waals surface area contributed by atoms with E-state index < -0.39 is 0 Å². The molecule has 9 heteroatoms. The molecule has 1 atom stereocenters. The number of aromatic amines is 1. The summed E-state index contributed by atoms with van der Waals surface area (Å²) >= 11 is 0. The van der Waals surface area contributed by atoms with Gasteiger partial charge in [0.15, 0.2) is 11.6 Å². The number of H-pyrrole nitrogens is 1. The zero-order valence-corrected chi connectivity index (χ0v) is 15.0. The van der Waals surface area contributed by atoms with Crippen molar-refractivity contribution in [1.29, 1.82) is 0 Å². The Labute approximate surface area is 159 Å². The van der Waals surface area contributed by atoms with Gasteiger partial charge in [-0.25, -0.2) is 4.39 Å². The molecule has 0 saturated carbocycles. The van der Waals surface area contributed by atoms with Crippen LogP contribution in [0.15, 0.2) is 47.0 Å². The fraction of sp³-hybridized carbons (Fsp3) is 0.211. The molecule has 1 amide bonds. The van der Waals surface area contributed by atoms with Gasteiger partial charge in [-0.15, -0.1) is 10.2 Å². The summed E-state index contributed by atoms with van der Waals surface area (Å²) in [5, 5.41) is 21.5. The molecule has 1 unspecified atom stereocenters. The molecule has 8 nitrogen and oxygen atoms in total. The number of tetrazole rings is 1. The number of rotatable bonds is 6. The molecule has 0 radical (unpaired) electrons. The van der Waals surface area contributed by atoms with Crippen LogP contribution in [0.3, 0.4) is 0 Å². The molecule has 2 heterocycles. The Morgan fingerprint density at radius 3 is 2.79 bits per heavy atom. The van der Waals surface area contributed by atoms with E-state index in [9.17, 15) is 9.18 Å². The van der Waals surface area contributed by atoms with Crippen LogP contribution in [0.5, 0.6) is 0 Å². The minimum Gasteiger partial charge on any atom is -0.355 e. The second kappa shape index (κ2) is 7.55. The van der Waals surface area contributed by atoms with Crippen molar-refractivity contribution in [2.24, 2.45) is 0 Å². The van der Waals surface area contributed by atoms with Crippen molar-refractivity contribution >= 4 is 16.8 Å². The zero-order valence-electron chi connectivity index (χ0n) is 15.0. The highest BCUT2D eigenvalue weighted by Gasteiger charge is 2.20. The Morgan fingerprint density at radius 1 is 1.25 bits per heavy atom. The van der Waals surface area contributed by atoms with Gasteiger partial charge in [0.05, 0.1) is 11.4 Å². The van der Waals surface area contributed by atoms with Gasteiger partial charge >= 0.3 is 0 Å². The van der Waals surface area contributed by atoms with Crippen molar-refractivity contribution < 1.29 is 13.7 Å². The first-order chi connectivity index (χ1) is 13.7. The third-order valence-corrected chi connectivity index (χ3v) is 4.40. The highest BCUT2D eigenvalue weighted by Crippen LogP contribution is 2.29. The number of hydrogen-bond donors (Lipinski definition) is 2. The van der Waals surface area contributed by atoms with E-state index in [-0.39, 0.29) is 17.8 Å². The monoisotopic (exact) mass is 380 g/mol. The second-order valence-corrected chi connectivity index (χ2v) is 6.34. The SMILES string of the molecule is CCCC(NC(=O)c1ccc2noc(-c3ccc(F)cc3)c2c1)c1nn[nH]n1. The summed E-state index contributed by atoms with van der Waals surface area (Å²) < 4.78 is 18.6. The summed E-state index contributed by atoms with van der Waals surface area (Å²) in [6.45, 7) is 2.01. The van der Waals surface area contributed by atoms with E-state index in [1.54, 1.807) is 30.3 Å². The average Bonchev–Trinajstić information content (AvgIpc) is 3.38. The molecular formula is C19H17FN6O2. The van der Waals surface area contributed by atoms with Gasteiger partial charge in [-0.2, -0.15) is 5.21 Å². The van der Waals surface area contributed by atoms with Crippen LogP contribution in [0.2, 0.25) is 0 Å². The molecule has 0 bridgehead atoms. The predicted molar refractivity (Wildman–Crippen MR) is 98.7 cm³/mol. The zero-order chi connectivity index (χ0) is 19.5. The molecule has 0 fully saturated rings. The number of fused-ring (bicyclic) bond motifs is 1. The predicted octanol–water partition coefficient (Wildman–Crippen LogP) is 3.42. The topological polar surface area (TPSA) is 110 Å². The summed E-state index contributed by atoms with van der Waals surface area (Å²) in [6.07, 6.45) is 1.53. The Bertz CT molecular complexity index is 1090. The highest BCUT2D eigenvalue weighted by atomic mass is 19.1. The van der Waals surface area contributed by atoms with E-state index in [0.717, 1.165) is 6.42 Å². The van der Waals surface area contributed by atoms with Crippen molar-refractivity contribution in [2.75, 3.05) is 0 Å². The Kier molecular flexibility index (Phi) is 4.79. The van der Waals surface area contributed by atoms with Gasteiger partial charge in [0.2, 0.25) is 0 Å². The summed E-state index contributed by atoms with van der Waals surface area (Å²) in [5.74, 6) is 0.314. The molecule has 0 spiro atoms. The van der Waals surface area contributed by atoms with Crippen molar-refractivity contribution in [3.05, 3.63) is 59.7 Å². The van der Waals surface area contributed by atoms with Crippen molar-refractivity contribution in [2.45, 2.75) is 25.8 Å². The molecule has 0 aliphatic carbocycles. The fourth-order valence-corrected chi connectivity index (χ4v) is 3.01. The van der Waals surface area contributed by atoms with Crippen LogP contribution in [0.1, 0.15) is 42.0 Å². The van der Waals surface area contributed by atoms with E-state index in [1.165, 1.54) is 12.1 Å². The van der Waals surface area contributed by atoms with E-state index in [0.29, 0.717) is 40.0 Å². The van der Waals surface area contributed by atoms with Gasteiger partial charge in [-0.3, -0.25) is 4.79 Å². The first kappa shape index (κ1) is 17.8. The number of carbonyl (C=O) groups excluding carboxylic acids is 1. The molecule has 0 aliphatic heterocycles. The van der Waals surface area contributed by atoms with Gasteiger partial charge in [-0.05, 0) is 48.9 Å². The molecular weight excluding hydrogens is 363 g/mol. The first-order valence-corrected chi connectivity index (χ1v) is 8.85. The molecule has 2 aromatic carbocycles. The quantitative estimate of drug-likeness (QED) is 0.530. The number of nitrogens with one attached hydrogen (secondary N) is 2. The second-order valence-electron chi connectivity index (χ2n) is 6.34. The van der Waals surface area contributed by atoms with Crippen molar-refractivity contribution in [1.82, 2.24) is 31.1 Å². The molecule has 0 aliphatic rings. The molecule has 142 valence electrons. The van der Waals surface area contributed by atoms with Gasteiger partial charge < -0.3 is 9.84 Å². The maximum Gasteiger partial charge on any atom is 0.251 e. The average molecular weight is 380 g/mol. The number of benzene rings is 2. The maximum absolute atomic E-state index is 13.2. The Balaban J connectivity index is 1.64. The lowest BCUT2D eigenvalue weighted by Gasteiger charge is -2.14. The summed E-state index contributed by atoms with van der Waals surface area (Å²) in [4.78, 5) is 12.8. The molecule has 4 aromatic rings. The lowest BCUT2D eigenvalue weighted by atomic mass is 10.1. The minimum atomic E-state index is -0.342. The largest absolute Gasteiger partial charge is 0.355 e. The Hall–Kier alpha value is -3.62. The van der Waals surface area contributed by atoms with Crippen LogP contribution in [0.25, 0.3) is 22.2 Å². The number of amides is 1. The number of hydrogen-bond acceptors (Lipinski definition) is 6. The normalized spacial score (nSPS) is 12.2. The highest BCUT2D eigenvalue weighted by molar-refractivity contribution is 6.01. The van der Waals surface area contributed by atoms with Crippen molar-refractivity contribution in [3.63, 3.8) is 0 Å². The van der Waals surface area contributed by atoms with Crippen molar-refractivity contribution in [3.8, 4) is 11.3 Å². The number of halogens is 1. The molecule has 2 N–H and O–H groups in total. The first-order valence-electron chi connectivity index (χ1n) is 8.85. The minimum absolute atomic E-state index is 0.267. The smallest absolute Gasteiger partial charge is 0.251 e. The fourth-order valence-electron chi connectivity index (χ4n) is 3.01. The van der Waals surface area contributed by atoms with E-state index in [4.69, 9.17) is 4.52 Å². The number of nitrogens with zero attached hydrogens (tertiary/aromatic N) is 4. The third kappa shape index (κ3) is 3.46. The van der Waals surface area contributed by atoms with E-state index in [1.807, 2.05) is 6.92 Å². The number of carbonyl (C=O) groups is 1. The van der Waals surface area contributed by atoms with Gasteiger partial charge in [0.25, 0.3) is 5.91 Å². The third-order valence-electron chi connectivity index (χ3n) is 4.40. The summed E-state index contributed by atoms with van der Waals surface area (Å²) in [7, 11) is 0. The van der Waals surface area contributed by atoms with Gasteiger partial charge in [-0.1, -0.05) is 23.7 Å². The summed E-state index contributed by atoms with van der Waals surface area (Å²) in [5.41, 5.74) is 1.74. The van der Waals surface area contributed by atoms with Crippen LogP contribution in [-0.4, -0.2) is 31.7 Å². The van der Waals surface area contributed by atoms with Gasteiger partial charge in [0.1, 0.15) is 11.3 Å². The summed E-state index contributed by atoms with van der Waals surface area (Å²) in [6, 6.07) is 10.7. The molecule has 2 aromatic heterocycles. The van der Waals surface area contributed by atoms with E-state index in [2.05, 4.69) is 31.1 Å². The maximum atomic E-state index is 13.2. The molecule has 4 rings (SSSR count). The lowest BCUT2D eigenvalue weighted by molar-refractivity contribution is 0.0932. The van der Waals surface area contributed by atoms with Gasteiger partial charge in [0, 0.05) is 11.1 Å².